The first-order valence-electron chi connectivity index (χ1n) is 7.30. The topological polar surface area (TPSA) is 21.3 Å². The molecule has 0 aliphatic heterocycles. The summed E-state index contributed by atoms with van der Waals surface area (Å²) in [6, 6.07) is 4.94. The summed E-state index contributed by atoms with van der Waals surface area (Å²) >= 11 is 0. The van der Waals surface area contributed by atoms with Crippen LogP contribution in [-0.4, -0.2) is 11.6 Å². The molecule has 1 aromatic carbocycles. The fraction of sp³-hybridized carbons (Fsp3) is 0.529. The number of benzene rings is 1. The van der Waals surface area contributed by atoms with E-state index < -0.39 is 0 Å². The predicted molar refractivity (Wildman–Crippen MR) is 80.4 cm³/mol. The summed E-state index contributed by atoms with van der Waals surface area (Å²) in [4.78, 5) is 0. The minimum Gasteiger partial charge on any atom is -0.486 e. The second-order valence-electron chi connectivity index (χ2n) is 6.41. The van der Waals surface area contributed by atoms with Crippen LogP contribution in [0.4, 0.5) is 4.39 Å². The summed E-state index contributed by atoms with van der Waals surface area (Å²) < 4.78 is 19.5. The molecule has 1 N–H and O–H groups in total. The van der Waals surface area contributed by atoms with Crippen LogP contribution in [0.2, 0.25) is 0 Å². The zero-order valence-corrected chi connectivity index (χ0v) is 12.6. The molecule has 1 aliphatic rings. The molecule has 20 heavy (non-hydrogen) atoms. The molecule has 0 bridgehead atoms. The fourth-order valence-electron chi connectivity index (χ4n) is 2.21. The monoisotopic (exact) mass is 277 g/mol. The van der Waals surface area contributed by atoms with Gasteiger partial charge in [0, 0.05) is 18.2 Å². The average Bonchev–Trinajstić information content (AvgIpc) is 2.36. The Morgan fingerprint density at radius 1 is 1.30 bits per heavy atom. The lowest BCUT2D eigenvalue weighted by molar-refractivity contribution is 0.228. The molecular weight excluding hydrogens is 253 g/mol. The summed E-state index contributed by atoms with van der Waals surface area (Å²) in [5, 5.41) is 3.36. The van der Waals surface area contributed by atoms with Crippen molar-refractivity contribution in [3.05, 3.63) is 41.7 Å². The maximum absolute atomic E-state index is 13.7. The van der Waals surface area contributed by atoms with Crippen LogP contribution in [0.5, 0.6) is 5.75 Å². The standard InChI is InChI=1S/C17H24FNO/c1-17(2,3)19-12-13-9-14(18)11-16(10-13)20-15-7-5-4-6-8-15/h5,7,9-11,15,19H,4,6,8,12H2,1-3H3. The zero-order valence-electron chi connectivity index (χ0n) is 12.6. The first-order valence-corrected chi connectivity index (χ1v) is 7.30. The lowest BCUT2D eigenvalue weighted by Gasteiger charge is -2.22. The highest BCUT2D eigenvalue weighted by Crippen LogP contribution is 2.22. The molecule has 1 unspecified atom stereocenters. The molecule has 3 heteroatoms. The van der Waals surface area contributed by atoms with Gasteiger partial charge in [-0.2, -0.15) is 0 Å². The van der Waals surface area contributed by atoms with Crippen molar-refractivity contribution in [2.45, 2.75) is 58.2 Å². The molecule has 0 fully saturated rings. The highest BCUT2D eigenvalue weighted by molar-refractivity contribution is 5.30. The number of halogens is 1. The van der Waals surface area contributed by atoms with Gasteiger partial charge in [-0.25, -0.2) is 4.39 Å². The largest absolute Gasteiger partial charge is 0.486 e. The van der Waals surface area contributed by atoms with Crippen LogP contribution in [0.15, 0.2) is 30.4 Å². The molecular formula is C17H24FNO. The van der Waals surface area contributed by atoms with Crippen LogP contribution >= 0.6 is 0 Å². The summed E-state index contributed by atoms with van der Waals surface area (Å²) in [6.45, 7) is 6.92. The van der Waals surface area contributed by atoms with Crippen molar-refractivity contribution in [3.8, 4) is 5.75 Å². The second-order valence-corrected chi connectivity index (χ2v) is 6.41. The molecule has 2 rings (SSSR count). The Hall–Kier alpha value is -1.35. The number of rotatable bonds is 4. The molecule has 1 atom stereocenters. The van der Waals surface area contributed by atoms with Crippen molar-refractivity contribution in [2.24, 2.45) is 0 Å². The third-order valence-corrected chi connectivity index (χ3v) is 3.25. The van der Waals surface area contributed by atoms with Gasteiger partial charge in [-0.3, -0.25) is 0 Å². The second kappa shape index (κ2) is 6.40. The summed E-state index contributed by atoms with van der Waals surface area (Å²) in [6.07, 6.45) is 7.53. The molecule has 0 radical (unpaired) electrons. The predicted octanol–water partition coefficient (Wildman–Crippen LogP) is 4.20. The molecule has 0 saturated heterocycles. The van der Waals surface area contributed by atoms with E-state index in [1.165, 1.54) is 6.07 Å². The molecule has 1 aromatic rings. The molecule has 0 heterocycles. The first kappa shape index (κ1) is 15.0. The van der Waals surface area contributed by atoms with Gasteiger partial charge in [0.2, 0.25) is 0 Å². The third-order valence-electron chi connectivity index (χ3n) is 3.25. The van der Waals surface area contributed by atoms with Crippen molar-refractivity contribution in [3.63, 3.8) is 0 Å². The molecule has 2 nitrogen and oxygen atoms in total. The van der Waals surface area contributed by atoms with Crippen molar-refractivity contribution in [1.29, 1.82) is 0 Å². The fourth-order valence-corrected chi connectivity index (χ4v) is 2.21. The lowest BCUT2D eigenvalue weighted by atomic mass is 10.1. The number of allylic oxidation sites excluding steroid dienone is 1. The number of ether oxygens (including phenoxy) is 1. The van der Waals surface area contributed by atoms with E-state index >= 15 is 0 Å². The first-order chi connectivity index (χ1) is 9.42. The van der Waals surface area contributed by atoms with Gasteiger partial charge in [0.25, 0.3) is 0 Å². The Bertz CT molecular complexity index is 476. The van der Waals surface area contributed by atoms with E-state index in [4.69, 9.17) is 4.74 Å². The van der Waals surface area contributed by atoms with Crippen molar-refractivity contribution < 1.29 is 9.13 Å². The lowest BCUT2D eigenvalue weighted by Crippen LogP contribution is -2.35. The van der Waals surface area contributed by atoms with Crippen molar-refractivity contribution >= 4 is 0 Å². The molecule has 110 valence electrons. The zero-order chi connectivity index (χ0) is 14.6. The highest BCUT2D eigenvalue weighted by Gasteiger charge is 2.13. The van der Waals surface area contributed by atoms with Gasteiger partial charge in [0.1, 0.15) is 17.7 Å². The third kappa shape index (κ3) is 4.97. The smallest absolute Gasteiger partial charge is 0.127 e. The molecule has 0 spiro atoms. The van der Waals surface area contributed by atoms with E-state index in [1.807, 2.05) is 6.07 Å². The van der Waals surface area contributed by atoms with Gasteiger partial charge in [-0.1, -0.05) is 6.08 Å². The Morgan fingerprint density at radius 2 is 2.10 bits per heavy atom. The normalized spacial score (nSPS) is 19.1. The van der Waals surface area contributed by atoms with Gasteiger partial charge in [-0.05, 0) is 63.8 Å². The average molecular weight is 277 g/mol. The van der Waals surface area contributed by atoms with Crippen LogP contribution in [0.25, 0.3) is 0 Å². The Balaban J connectivity index is 2.04. The van der Waals surface area contributed by atoms with E-state index in [0.29, 0.717) is 12.3 Å². The van der Waals surface area contributed by atoms with E-state index in [-0.39, 0.29) is 17.5 Å². The van der Waals surface area contributed by atoms with Crippen LogP contribution in [-0.2, 0) is 6.54 Å². The quantitative estimate of drug-likeness (QED) is 0.833. The van der Waals surface area contributed by atoms with Gasteiger partial charge in [0.05, 0.1) is 0 Å². The molecule has 0 aromatic heterocycles. The summed E-state index contributed by atoms with van der Waals surface area (Å²) in [7, 11) is 0. The van der Waals surface area contributed by atoms with Crippen LogP contribution in [0, 0.1) is 5.82 Å². The highest BCUT2D eigenvalue weighted by atomic mass is 19.1. The van der Waals surface area contributed by atoms with Crippen LogP contribution in [0.3, 0.4) is 0 Å². The van der Waals surface area contributed by atoms with Crippen LogP contribution in [0.1, 0.15) is 45.6 Å². The van der Waals surface area contributed by atoms with E-state index in [2.05, 4.69) is 38.2 Å². The minimum absolute atomic E-state index is 0.0133. The molecule has 0 saturated carbocycles. The van der Waals surface area contributed by atoms with E-state index in [9.17, 15) is 4.39 Å². The van der Waals surface area contributed by atoms with Crippen LogP contribution < -0.4 is 10.1 Å². The maximum atomic E-state index is 13.7. The van der Waals surface area contributed by atoms with Gasteiger partial charge >= 0.3 is 0 Å². The van der Waals surface area contributed by atoms with Gasteiger partial charge < -0.3 is 10.1 Å². The SMILES string of the molecule is CC(C)(C)NCc1cc(F)cc(OC2C=CCCC2)c1. The summed E-state index contributed by atoms with van der Waals surface area (Å²) in [5.41, 5.74) is 0.925. The molecule has 1 aliphatic carbocycles. The Kier molecular flexibility index (Phi) is 4.81. The van der Waals surface area contributed by atoms with E-state index in [0.717, 1.165) is 24.8 Å². The number of hydrogen-bond acceptors (Lipinski definition) is 2. The minimum atomic E-state index is -0.243. The van der Waals surface area contributed by atoms with E-state index in [1.54, 1.807) is 6.07 Å². The Morgan fingerprint density at radius 3 is 2.75 bits per heavy atom. The van der Waals surface area contributed by atoms with Gasteiger partial charge in [0.15, 0.2) is 0 Å². The van der Waals surface area contributed by atoms with Crippen molar-refractivity contribution in [2.75, 3.05) is 0 Å². The maximum Gasteiger partial charge on any atom is 0.127 e. The molecule has 0 amide bonds. The van der Waals surface area contributed by atoms with Gasteiger partial charge in [-0.15, -0.1) is 0 Å². The Labute approximate surface area is 121 Å². The summed E-state index contributed by atoms with van der Waals surface area (Å²) in [5.74, 6) is 0.375. The number of nitrogens with one attached hydrogen (secondary N) is 1. The van der Waals surface area contributed by atoms with Crippen molar-refractivity contribution in [1.82, 2.24) is 5.32 Å². The number of hydrogen-bond donors (Lipinski definition) is 1.